The Bertz CT molecular complexity index is 274. The van der Waals surface area contributed by atoms with Crippen molar-refractivity contribution in [3.63, 3.8) is 0 Å². The number of piperidine rings is 1. The first kappa shape index (κ1) is 13.9. The molecule has 0 unspecified atom stereocenters. The summed E-state index contributed by atoms with van der Waals surface area (Å²) in [5, 5.41) is 3.37. The van der Waals surface area contributed by atoms with E-state index in [1.807, 2.05) is 0 Å². The van der Waals surface area contributed by atoms with Gasteiger partial charge in [-0.15, -0.1) is 0 Å². The average molecular weight is 252 g/mol. The molecule has 2 aliphatic rings. The Hall–Kier alpha value is -0.570. The largest absolute Gasteiger partial charge is 0.340 e. The summed E-state index contributed by atoms with van der Waals surface area (Å²) in [6, 6.07) is 0.448. The number of amides is 1. The molecule has 3 nitrogen and oxygen atoms in total. The van der Waals surface area contributed by atoms with Crippen molar-refractivity contribution >= 4 is 5.91 Å². The van der Waals surface area contributed by atoms with Crippen LogP contribution in [0.25, 0.3) is 0 Å². The topological polar surface area (TPSA) is 32.3 Å². The molecule has 0 saturated carbocycles. The number of hydrogen-bond acceptors (Lipinski definition) is 2. The number of rotatable bonds is 2. The molecule has 2 rings (SSSR count). The van der Waals surface area contributed by atoms with Crippen LogP contribution in [0.2, 0.25) is 0 Å². The van der Waals surface area contributed by atoms with Gasteiger partial charge in [0, 0.05) is 19.0 Å². The number of hydrogen-bond donors (Lipinski definition) is 1. The van der Waals surface area contributed by atoms with Gasteiger partial charge < -0.3 is 10.2 Å². The Morgan fingerprint density at radius 3 is 2.61 bits per heavy atom. The van der Waals surface area contributed by atoms with Gasteiger partial charge in [0.25, 0.3) is 0 Å². The zero-order valence-electron chi connectivity index (χ0n) is 12.0. The molecule has 3 heteroatoms. The lowest BCUT2D eigenvalue weighted by atomic mass is 9.93. The summed E-state index contributed by atoms with van der Waals surface area (Å²) in [5.41, 5.74) is 0. The highest BCUT2D eigenvalue weighted by atomic mass is 16.2. The molecule has 2 saturated heterocycles. The highest BCUT2D eigenvalue weighted by Crippen LogP contribution is 2.24. The standard InChI is InChI=1S/C15H28N2O/c1-12-4-3-5-13(2)17(11-12)15(18)10-14-6-8-16-9-7-14/h12-14,16H,3-11H2,1-2H3/t12-,13-/m0/s1. The van der Waals surface area contributed by atoms with Crippen molar-refractivity contribution in [2.24, 2.45) is 11.8 Å². The fraction of sp³-hybridized carbons (Fsp3) is 0.933. The van der Waals surface area contributed by atoms with Crippen molar-refractivity contribution < 1.29 is 4.79 Å². The first-order valence-electron chi connectivity index (χ1n) is 7.67. The summed E-state index contributed by atoms with van der Waals surface area (Å²) in [6.07, 6.45) is 6.86. The summed E-state index contributed by atoms with van der Waals surface area (Å²) in [7, 11) is 0. The van der Waals surface area contributed by atoms with Crippen LogP contribution in [0.1, 0.15) is 52.4 Å². The second kappa shape index (κ2) is 6.55. The van der Waals surface area contributed by atoms with E-state index < -0.39 is 0 Å². The van der Waals surface area contributed by atoms with Crippen LogP contribution in [-0.4, -0.2) is 36.5 Å². The summed E-state index contributed by atoms with van der Waals surface area (Å²) in [4.78, 5) is 14.6. The molecular formula is C15H28N2O. The molecule has 0 bridgehead atoms. The third-order valence-electron chi connectivity index (χ3n) is 4.60. The van der Waals surface area contributed by atoms with E-state index in [0.717, 1.165) is 26.1 Å². The highest BCUT2D eigenvalue weighted by molar-refractivity contribution is 5.76. The van der Waals surface area contributed by atoms with E-state index in [4.69, 9.17) is 0 Å². The van der Waals surface area contributed by atoms with Crippen LogP contribution in [-0.2, 0) is 4.79 Å². The highest BCUT2D eigenvalue weighted by Gasteiger charge is 2.27. The number of nitrogens with zero attached hydrogens (tertiary/aromatic N) is 1. The normalized spacial score (nSPS) is 31.1. The summed E-state index contributed by atoms with van der Waals surface area (Å²) in [5.74, 6) is 1.69. The lowest BCUT2D eigenvalue weighted by Crippen LogP contribution is -2.41. The van der Waals surface area contributed by atoms with Crippen molar-refractivity contribution in [1.82, 2.24) is 10.2 Å². The van der Waals surface area contributed by atoms with Crippen molar-refractivity contribution in [3.05, 3.63) is 0 Å². The van der Waals surface area contributed by atoms with Gasteiger partial charge in [0.15, 0.2) is 0 Å². The van der Waals surface area contributed by atoms with Gasteiger partial charge in [-0.25, -0.2) is 0 Å². The van der Waals surface area contributed by atoms with Gasteiger partial charge in [-0.3, -0.25) is 4.79 Å². The lowest BCUT2D eigenvalue weighted by Gasteiger charge is -2.31. The maximum atomic E-state index is 12.5. The first-order chi connectivity index (χ1) is 8.66. The third kappa shape index (κ3) is 3.71. The minimum absolute atomic E-state index is 0.406. The number of carbonyl (C=O) groups excluding carboxylic acids is 1. The maximum absolute atomic E-state index is 12.5. The van der Waals surface area contributed by atoms with Gasteiger partial charge in [-0.1, -0.05) is 13.3 Å². The first-order valence-corrected chi connectivity index (χ1v) is 7.67. The van der Waals surface area contributed by atoms with Crippen molar-refractivity contribution in [3.8, 4) is 0 Å². The predicted octanol–water partition coefficient (Wildman–Crippen LogP) is 2.41. The van der Waals surface area contributed by atoms with Gasteiger partial charge in [0.1, 0.15) is 0 Å². The van der Waals surface area contributed by atoms with Crippen LogP contribution in [0.5, 0.6) is 0 Å². The molecule has 1 N–H and O–H groups in total. The van der Waals surface area contributed by atoms with Crippen LogP contribution in [0.3, 0.4) is 0 Å². The quantitative estimate of drug-likeness (QED) is 0.818. The van der Waals surface area contributed by atoms with Gasteiger partial charge in [-0.05, 0) is 57.5 Å². The van der Waals surface area contributed by atoms with E-state index >= 15 is 0 Å². The van der Waals surface area contributed by atoms with Crippen molar-refractivity contribution in [1.29, 1.82) is 0 Å². The van der Waals surface area contributed by atoms with Crippen LogP contribution in [0, 0.1) is 11.8 Å². The monoisotopic (exact) mass is 252 g/mol. The number of carbonyl (C=O) groups is 1. The molecule has 0 aromatic rings. The molecule has 104 valence electrons. The van der Waals surface area contributed by atoms with E-state index in [-0.39, 0.29) is 0 Å². The molecule has 0 radical (unpaired) electrons. The average Bonchev–Trinajstić information content (AvgIpc) is 2.52. The number of nitrogens with one attached hydrogen (secondary N) is 1. The minimum atomic E-state index is 0.406. The van der Waals surface area contributed by atoms with E-state index in [2.05, 4.69) is 24.1 Å². The lowest BCUT2D eigenvalue weighted by molar-refractivity contribution is -0.134. The zero-order chi connectivity index (χ0) is 13.0. The molecule has 0 spiro atoms. The second-order valence-electron chi connectivity index (χ2n) is 6.33. The van der Waals surface area contributed by atoms with E-state index in [1.54, 1.807) is 0 Å². The molecule has 2 aliphatic heterocycles. The summed E-state index contributed by atoms with van der Waals surface area (Å²) >= 11 is 0. The van der Waals surface area contributed by atoms with Crippen molar-refractivity contribution in [2.45, 2.75) is 58.4 Å². The van der Waals surface area contributed by atoms with Gasteiger partial charge in [0.05, 0.1) is 0 Å². The SMILES string of the molecule is C[C@H]1CCC[C@H](C)N(C(=O)CC2CCNCC2)C1. The van der Waals surface area contributed by atoms with Crippen LogP contribution in [0.4, 0.5) is 0 Å². The van der Waals surface area contributed by atoms with E-state index in [0.29, 0.717) is 23.8 Å². The molecule has 2 fully saturated rings. The van der Waals surface area contributed by atoms with Crippen LogP contribution < -0.4 is 5.32 Å². The minimum Gasteiger partial charge on any atom is -0.340 e. The van der Waals surface area contributed by atoms with Gasteiger partial charge in [0.2, 0.25) is 5.91 Å². The Kier molecular flexibility index (Phi) is 5.04. The Morgan fingerprint density at radius 1 is 1.17 bits per heavy atom. The predicted molar refractivity (Wildman–Crippen MR) is 74.4 cm³/mol. The molecule has 18 heavy (non-hydrogen) atoms. The Labute approximate surface area is 111 Å². The summed E-state index contributed by atoms with van der Waals surface area (Å²) in [6.45, 7) is 7.65. The molecule has 0 aliphatic carbocycles. The second-order valence-corrected chi connectivity index (χ2v) is 6.33. The molecular weight excluding hydrogens is 224 g/mol. The molecule has 1 amide bonds. The maximum Gasteiger partial charge on any atom is 0.223 e. The van der Waals surface area contributed by atoms with E-state index in [9.17, 15) is 4.79 Å². The fourth-order valence-electron chi connectivity index (χ4n) is 3.32. The molecule has 2 heterocycles. The van der Waals surface area contributed by atoms with Gasteiger partial charge >= 0.3 is 0 Å². The van der Waals surface area contributed by atoms with Crippen LogP contribution >= 0.6 is 0 Å². The zero-order valence-corrected chi connectivity index (χ0v) is 12.0. The fourth-order valence-corrected chi connectivity index (χ4v) is 3.32. The third-order valence-corrected chi connectivity index (χ3v) is 4.60. The molecule has 0 aromatic carbocycles. The Morgan fingerprint density at radius 2 is 1.89 bits per heavy atom. The Balaban J connectivity index is 1.88. The van der Waals surface area contributed by atoms with Crippen LogP contribution in [0.15, 0.2) is 0 Å². The van der Waals surface area contributed by atoms with Crippen molar-refractivity contribution in [2.75, 3.05) is 19.6 Å². The van der Waals surface area contributed by atoms with E-state index in [1.165, 1.54) is 32.1 Å². The molecule has 0 aromatic heterocycles. The van der Waals surface area contributed by atoms with Gasteiger partial charge in [-0.2, -0.15) is 0 Å². The summed E-state index contributed by atoms with van der Waals surface area (Å²) < 4.78 is 0. The molecule has 2 atom stereocenters. The number of likely N-dealkylation sites (tertiary alicyclic amines) is 1. The smallest absolute Gasteiger partial charge is 0.223 e.